The molecule has 0 aliphatic carbocycles. The number of methoxy groups -OCH3 is 1. The monoisotopic (exact) mass is 550 g/mol. The SMILES string of the molecule is COc1ccccc1N1CCN(C(=O)C[C@@H]2O[C@H](Cn3cc(CN(C)Cc4ccccc4)nn3)[C@@H](O)[C@H]2O)CC1. The molecule has 3 heterocycles. The van der Waals surface area contributed by atoms with Gasteiger partial charge < -0.3 is 29.5 Å². The zero-order valence-corrected chi connectivity index (χ0v) is 23.0. The van der Waals surface area contributed by atoms with Crippen LogP contribution in [0.2, 0.25) is 0 Å². The number of benzene rings is 2. The minimum absolute atomic E-state index is 0.0102. The molecule has 2 aromatic carbocycles. The Bertz CT molecular complexity index is 1250. The van der Waals surface area contributed by atoms with Gasteiger partial charge in [-0.2, -0.15) is 0 Å². The average Bonchev–Trinajstić information content (AvgIpc) is 3.52. The number of anilines is 1. The smallest absolute Gasteiger partial charge is 0.225 e. The third-order valence-electron chi connectivity index (χ3n) is 7.58. The number of aliphatic hydroxyl groups is 2. The predicted octanol–water partition coefficient (Wildman–Crippen LogP) is 1.15. The van der Waals surface area contributed by atoms with E-state index in [-0.39, 0.29) is 18.9 Å². The van der Waals surface area contributed by atoms with E-state index in [9.17, 15) is 15.0 Å². The zero-order valence-electron chi connectivity index (χ0n) is 23.0. The molecule has 0 spiro atoms. The van der Waals surface area contributed by atoms with Crippen LogP contribution in [0.5, 0.6) is 5.75 Å². The molecule has 11 heteroatoms. The van der Waals surface area contributed by atoms with E-state index in [1.807, 2.05) is 55.7 Å². The van der Waals surface area contributed by atoms with Crippen LogP contribution in [0.1, 0.15) is 17.7 Å². The second kappa shape index (κ2) is 12.8. The van der Waals surface area contributed by atoms with Crippen molar-refractivity contribution in [2.45, 2.75) is 50.5 Å². The van der Waals surface area contributed by atoms with Crippen molar-refractivity contribution in [2.24, 2.45) is 0 Å². The second-order valence-electron chi connectivity index (χ2n) is 10.5. The quantitative estimate of drug-likeness (QED) is 0.383. The minimum atomic E-state index is -1.15. The Balaban J connectivity index is 1.10. The Morgan fingerprint density at radius 2 is 1.70 bits per heavy atom. The van der Waals surface area contributed by atoms with E-state index in [1.54, 1.807) is 16.7 Å². The van der Waals surface area contributed by atoms with Gasteiger partial charge in [0.1, 0.15) is 24.1 Å². The highest BCUT2D eigenvalue weighted by molar-refractivity contribution is 5.77. The van der Waals surface area contributed by atoms with E-state index in [4.69, 9.17) is 9.47 Å². The summed E-state index contributed by atoms with van der Waals surface area (Å²) in [5, 5.41) is 29.7. The van der Waals surface area contributed by atoms with Crippen molar-refractivity contribution in [1.82, 2.24) is 24.8 Å². The third-order valence-corrected chi connectivity index (χ3v) is 7.58. The number of hydrogen-bond donors (Lipinski definition) is 2. The van der Waals surface area contributed by atoms with E-state index >= 15 is 0 Å². The Morgan fingerprint density at radius 1 is 1.00 bits per heavy atom. The molecule has 0 unspecified atom stereocenters. The average molecular weight is 551 g/mol. The van der Waals surface area contributed by atoms with Crippen molar-refractivity contribution in [1.29, 1.82) is 0 Å². The largest absolute Gasteiger partial charge is 0.495 e. The predicted molar refractivity (Wildman–Crippen MR) is 149 cm³/mol. The molecular weight excluding hydrogens is 512 g/mol. The second-order valence-corrected chi connectivity index (χ2v) is 10.5. The first-order valence-corrected chi connectivity index (χ1v) is 13.7. The summed E-state index contributed by atoms with van der Waals surface area (Å²) < 4.78 is 13.1. The molecule has 0 saturated carbocycles. The molecule has 5 rings (SSSR count). The molecule has 1 aromatic heterocycles. The molecule has 3 aromatic rings. The van der Waals surface area contributed by atoms with Crippen molar-refractivity contribution in [3.63, 3.8) is 0 Å². The molecule has 4 atom stereocenters. The molecule has 214 valence electrons. The lowest BCUT2D eigenvalue weighted by Crippen LogP contribution is -2.50. The maximum atomic E-state index is 13.1. The molecule has 40 heavy (non-hydrogen) atoms. The molecule has 0 radical (unpaired) electrons. The summed E-state index contributed by atoms with van der Waals surface area (Å²) in [6.45, 7) is 4.12. The summed E-state index contributed by atoms with van der Waals surface area (Å²) in [7, 11) is 3.67. The molecule has 2 aliphatic rings. The number of ether oxygens (including phenoxy) is 2. The minimum Gasteiger partial charge on any atom is -0.495 e. The summed E-state index contributed by atoms with van der Waals surface area (Å²) in [6, 6.07) is 18.1. The highest BCUT2D eigenvalue weighted by Gasteiger charge is 2.44. The summed E-state index contributed by atoms with van der Waals surface area (Å²) in [6.07, 6.45) is -1.90. The van der Waals surface area contributed by atoms with E-state index in [2.05, 4.69) is 32.2 Å². The van der Waals surface area contributed by atoms with Crippen LogP contribution in [-0.4, -0.2) is 106 Å². The van der Waals surface area contributed by atoms with Gasteiger partial charge in [-0.15, -0.1) is 5.10 Å². The van der Waals surface area contributed by atoms with Gasteiger partial charge in [-0.1, -0.05) is 47.7 Å². The fraction of sp³-hybridized carbons (Fsp3) is 0.483. The van der Waals surface area contributed by atoms with Crippen molar-refractivity contribution >= 4 is 11.6 Å². The summed E-state index contributed by atoms with van der Waals surface area (Å²) in [5.41, 5.74) is 3.02. The highest BCUT2D eigenvalue weighted by atomic mass is 16.5. The van der Waals surface area contributed by atoms with Crippen LogP contribution in [0.3, 0.4) is 0 Å². The van der Waals surface area contributed by atoms with Gasteiger partial charge in [0.2, 0.25) is 5.91 Å². The van der Waals surface area contributed by atoms with Crippen molar-refractivity contribution < 1.29 is 24.5 Å². The number of carbonyl (C=O) groups excluding carboxylic acids is 1. The maximum absolute atomic E-state index is 13.1. The Kier molecular flexibility index (Phi) is 8.95. The molecule has 2 N–H and O–H groups in total. The summed E-state index contributed by atoms with van der Waals surface area (Å²) in [4.78, 5) is 19.2. The summed E-state index contributed by atoms with van der Waals surface area (Å²) >= 11 is 0. The number of carbonyl (C=O) groups is 1. The van der Waals surface area contributed by atoms with Crippen LogP contribution in [-0.2, 0) is 29.2 Å². The van der Waals surface area contributed by atoms with Gasteiger partial charge in [0, 0.05) is 45.5 Å². The molecule has 2 aliphatic heterocycles. The third kappa shape index (κ3) is 6.61. The Morgan fingerprint density at radius 3 is 2.45 bits per heavy atom. The fourth-order valence-corrected chi connectivity index (χ4v) is 5.45. The lowest BCUT2D eigenvalue weighted by atomic mass is 10.0. The van der Waals surface area contributed by atoms with E-state index in [0.29, 0.717) is 32.7 Å². The first kappa shape index (κ1) is 28.0. The zero-order chi connectivity index (χ0) is 28.1. The van der Waals surface area contributed by atoms with Gasteiger partial charge in [0.05, 0.1) is 37.6 Å². The number of rotatable bonds is 10. The first-order chi connectivity index (χ1) is 19.4. The van der Waals surface area contributed by atoms with Crippen LogP contribution >= 0.6 is 0 Å². The van der Waals surface area contributed by atoms with Crippen molar-refractivity contribution in [3.8, 4) is 5.75 Å². The molecule has 0 bridgehead atoms. The van der Waals surface area contributed by atoms with Crippen LogP contribution in [0.15, 0.2) is 60.8 Å². The number of aromatic nitrogens is 3. The van der Waals surface area contributed by atoms with Gasteiger partial charge in [0.25, 0.3) is 0 Å². The van der Waals surface area contributed by atoms with Gasteiger partial charge in [-0.25, -0.2) is 4.68 Å². The lowest BCUT2D eigenvalue weighted by molar-refractivity contribution is -0.135. The molecular formula is C29H38N6O5. The van der Waals surface area contributed by atoms with Crippen LogP contribution in [0, 0.1) is 0 Å². The van der Waals surface area contributed by atoms with Crippen molar-refractivity contribution in [2.75, 3.05) is 45.2 Å². The highest BCUT2D eigenvalue weighted by Crippen LogP contribution is 2.29. The Labute approximate surface area is 234 Å². The number of para-hydroxylation sites is 2. The first-order valence-electron chi connectivity index (χ1n) is 13.7. The number of nitrogens with zero attached hydrogens (tertiary/aromatic N) is 6. The van der Waals surface area contributed by atoms with Crippen LogP contribution < -0.4 is 9.64 Å². The van der Waals surface area contributed by atoms with Gasteiger partial charge >= 0.3 is 0 Å². The molecule has 2 saturated heterocycles. The maximum Gasteiger partial charge on any atom is 0.225 e. The topological polar surface area (TPSA) is 116 Å². The van der Waals surface area contributed by atoms with Gasteiger partial charge in [-0.05, 0) is 24.7 Å². The van der Waals surface area contributed by atoms with E-state index < -0.39 is 24.4 Å². The molecule has 2 fully saturated rings. The van der Waals surface area contributed by atoms with E-state index in [1.165, 1.54) is 5.56 Å². The summed E-state index contributed by atoms with van der Waals surface area (Å²) in [5.74, 6) is 0.713. The van der Waals surface area contributed by atoms with E-state index in [0.717, 1.165) is 23.7 Å². The van der Waals surface area contributed by atoms with Gasteiger partial charge in [0.15, 0.2) is 0 Å². The number of amides is 1. The van der Waals surface area contributed by atoms with Crippen LogP contribution in [0.4, 0.5) is 5.69 Å². The number of aliphatic hydroxyl groups excluding tert-OH is 2. The number of piperazine rings is 1. The lowest BCUT2D eigenvalue weighted by Gasteiger charge is -2.37. The standard InChI is InChI=1S/C29H38N6O5/c1-32(17-21-8-4-3-5-9-21)18-22-19-35(31-30-22)20-26-29(38)28(37)25(40-26)16-27(36)34-14-12-33(13-15-34)23-10-6-7-11-24(23)39-2/h3-11,19,25-26,28-29,37-38H,12-18,20H2,1-2H3/t25-,26+,28-,29+/m0/s1. The Hall–Kier alpha value is -3.51. The molecule has 1 amide bonds. The molecule has 11 nitrogen and oxygen atoms in total. The van der Waals surface area contributed by atoms with Crippen LogP contribution in [0.25, 0.3) is 0 Å². The van der Waals surface area contributed by atoms with Gasteiger partial charge in [-0.3, -0.25) is 9.69 Å². The fourth-order valence-electron chi connectivity index (χ4n) is 5.45. The normalized spacial score (nSPS) is 23.1. The number of hydrogen-bond acceptors (Lipinski definition) is 9. The van der Waals surface area contributed by atoms with Crippen molar-refractivity contribution in [3.05, 3.63) is 72.1 Å².